The summed E-state index contributed by atoms with van der Waals surface area (Å²) < 4.78 is 0. The Bertz CT molecular complexity index is 792. The Balaban J connectivity index is 1.72. The van der Waals surface area contributed by atoms with Crippen molar-refractivity contribution < 1.29 is 14.4 Å². The quantitative estimate of drug-likeness (QED) is 0.854. The van der Waals surface area contributed by atoms with Crippen molar-refractivity contribution in [2.45, 2.75) is 32.9 Å². The van der Waals surface area contributed by atoms with E-state index in [0.29, 0.717) is 16.7 Å². The van der Waals surface area contributed by atoms with Crippen molar-refractivity contribution in [1.29, 1.82) is 0 Å². The average molecular weight is 336 g/mol. The van der Waals surface area contributed by atoms with Gasteiger partial charge in [-0.3, -0.25) is 19.3 Å². The van der Waals surface area contributed by atoms with E-state index in [1.165, 1.54) is 4.90 Å². The molecule has 3 rings (SSSR count). The van der Waals surface area contributed by atoms with Gasteiger partial charge in [-0.25, -0.2) is 0 Å². The summed E-state index contributed by atoms with van der Waals surface area (Å²) in [7, 11) is 0. The van der Waals surface area contributed by atoms with Gasteiger partial charge in [-0.15, -0.1) is 0 Å². The van der Waals surface area contributed by atoms with Crippen LogP contribution in [0.2, 0.25) is 0 Å². The number of imide groups is 1. The molecule has 1 aliphatic heterocycles. The summed E-state index contributed by atoms with van der Waals surface area (Å²) in [5.41, 5.74) is 2.25. The van der Waals surface area contributed by atoms with Crippen molar-refractivity contribution in [2.24, 2.45) is 0 Å². The first-order valence-electron chi connectivity index (χ1n) is 8.36. The minimum absolute atomic E-state index is 0.116. The van der Waals surface area contributed by atoms with E-state index < -0.39 is 0 Å². The predicted octanol–water partition coefficient (Wildman–Crippen LogP) is 3.01. The molecule has 128 valence electrons. The fraction of sp³-hybridized carbons (Fsp3) is 0.250. The smallest absolute Gasteiger partial charge is 0.261 e. The fourth-order valence-corrected chi connectivity index (χ4v) is 2.74. The van der Waals surface area contributed by atoms with Crippen LogP contribution in [-0.2, 0) is 6.54 Å². The van der Waals surface area contributed by atoms with Crippen LogP contribution >= 0.6 is 0 Å². The first kappa shape index (κ1) is 16.9. The van der Waals surface area contributed by atoms with E-state index in [1.54, 1.807) is 48.5 Å². The Kier molecular flexibility index (Phi) is 4.65. The molecule has 3 amide bonds. The number of rotatable bonds is 5. The van der Waals surface area contributed by atoms with Gasteiger partial charge in [-0.05, 0) is 43.2 Å². The highest BCUT2D eigenvalue weighted by atomic mass is 16.2. The number of amides is 3. The number of fused-ring (bicyclic) bond motifs is 1. The second kappa shape index (κ2) is 6.89. The van der Waals surface area contributed by atoms with Gasteiger partial charge in [-0.1, -0.05) is 31.2 Å². The van der Waals surface area contributed by atoms with E-state index in [0.717, 1.165) is 12.0 Å². The van der Waals surface area contributed by atoms with Crippen LogP contribution in [0.3, 0.4) is 0 Å². The van der Waals surface area contributed by atoms with Crippen molar-refractivity contribution in [3.05, 3.63) is 70.8 Å². The van der Waals surface area contributed by atoms with Crippen LogP contribution in [-0.4, -0.2) is 28.7 Å². The van der Waals surface area contributed by atoms with Crippen LogP contribution in [0.1, 0.15) is 56.9 Å². The van der Waals surface area contributed by atoms with Crippen molar-refractivity contribution in [2.75, 3.05) is 0 Å². The highest BCUT2D eigenvalue weighted by Crippen LogP contribution is 2.24. The number of carbonyl (C=O) groups excluding carboxylic acids is 3. The SMILES string of the molecule is CCC(C)NC(=O)c1ccc(CN2C(=O)c3ccccc3C2=O)cc1. The average Bonchev–Trinajstić information content (AvgIpc) is 2.87. The third kappa shape index (κ3) is 3.31. The lowest BCUT2D eigenvalue weighted by Gasteiger charge is -2.15. The Morgan fingerprint density at radius 3 is 2.08 bits per heavy atom. The Hall–Kier alpha value is -2.95. The Labute approximate surface area is 146 Å². The highest BCUT2D eigenvalue weighted by molar-refractivity contribution is 6.21. The van der Waals surface area contributed by atoms with Gasteiger partial charge < -0.3 is 5.32 Å². The number of nitrogens with one attached hydrogen (secondary N) is 1. The Morgan fingerprint density at radius 2 is 1.56 bits per heavy atom. The van der Waals surface area contributed by atoms with Crippen molar-refractivity contribution in [1.82, 2.24) is 10.2 Å². The lowest BCUT2D eigenvalue weighted by Crippen LogP contribution is -2.32. The largest absolute Gasteiger partial charge is 0.350 e. The van der Waals surface area contributed by atoms with Gasteiger partial charge in [0.1, 0.15) is 0 Å². The number of carbonyl (C=O) groups is 3. The molecule has 0 fully saturated rings. The molecule has 1 N–H and O–H groups in total. The first-order chi connectivity index (χ1) is 12.0. The van der Waals surface area contributed by atoms with Crippen LogP contribution in [0.25, 0.3) is 0 Å². The zero-order valence-corrected chi connectivity index (χ0v) is 14.3. The van der Waals surface area contributed by atoms with Gasteiger partial charge >= 0.3 is 0 Å². The predicted molar refractivity (Wildman–Crippen MR) is 94.3 cm³/mol. The van der Waals surface area contributed by atoms with Gasteiger partial charge in [0.05, 0.1) is 17.7 Å². The molecule has 1 unspecified atom stereocenters. The normalized spacial score (nSPS) is 14.4. The molecule has 5 nitrogen and oxygen atoms in total. The van der Waals surface area contributed by atoms with Crippen LogP contribution < -0.4 is 5.32 Å². The molecule has 1 atom stereocenters. The number of benzene rings is 2. The molecule has 5 heteroatoms. The maximum absolute atomic E-state index is 12.4. The topological polar surface area (TPSA) is 66.5 Å². The molecule has 0 saturated carbocycles. The third-order valence-electron chi connectivity index (χ3n) is 4.42. The van der Waals surface area contributed by atoms with Crippen LogP contribution in [0, 0.1) is 0 Å². The lowest BCUT2D eigenvalue weighted by molar-refractivity contribution is 0.0641. The molecule has 0 spiro atoms. The number of hydrogen-bond donors (Lipinski definition) is 1. The molecule has 2 aromatic rings. The van der Waals surface area contributed by atoms with Crippen LogP contribution in [0.4, 0.5) is 0 Å². The summed E-state index contributed by atoms with van der Waals surface area (Å²) in [5.74, 6) is -0.681. The fourth-order valence-electron chi connectivity index (χ4n) is 2.74. The van der Waals surface area contributed by atoms with Crippen LogP contribution in [0.5, 0.6) is 0 Å². The monoisotopic (exact) mass is 336 g/mol. The first-order valence-corrected chi connectivity index (χ1v) is 8.36. The molecule has 1 heterocycles. The van der Waals surface area contributed by atoms with E-state index >= 15 is 0 Å². The highest BCUT2D eigenvalue weighted by Gasteiger charge is 2.34. The summed E-state index contributed by atoms with van der Waals surface area (Å²) in [6.45, 7) is 4.16. The molecule has 2 aromatic carbocycles. The van der Waals surface area contributed by atoms with Crippen molar-refractivity contribution in [3.8, 4) is 0 Å². The molecule has 0 radical (unpaired) electrons. The molecule has 0 aliphatic carbocycles. The summed E-state index contributed by atoms with van der Waals surface area (Å²) in [5, 5.41) is 2.91. The molecule has 0 aromatic heterocycles. The van der Waals surface area contributed by atoms with Crippen molar-refractivity contribution >= 4 is 17.7 Å². The summed E-state index contributed by atoms with van der Waals surface area (Å²) in [6.07, 6.45) is 0.865. The summed E-state index contributed by atoms with van der Waals surface area (Å²) in [4.78, 5) is 38.1. The number of hydrogen-bond acceptors (Lipinski definition) is 3. The molecule has 0 saturated heterocycles. The lowest BCUT2D eigenvalue weighted by atomic mass is 10.1. The molecule has 0 bridgehead atoms. The molecular weight excluding hydrogens is 316 g/mol. The van der Waals surface area contributed by atoms with Gasteiger partial charge in [0.15, 0.2) is 0 Å². The second-order valence-corrected chi connectivity index (χ2v) is 6.22. The maximum Gasteiger partial charge on any atom is 0.261 e. The van der Waals surface area contributed by atoms with Gasteiger partial charge in [-0.2, -0.15) is 0 Å². The van der Waals surface area contributed by atoms with Crippen LogP contribution in [0.15, 0.2) is 48.5 Å². The molecule has 1 aliphatic rings. The standard InChI is InChI=1S/C20H20N2O3/c1-3-13(2)21-18(23)15-10-8-14(9-11-15)12-22-19(24)16-6-4-5-7-17(16)20(22)25/h4-11,13H,3,12H2,1-2H3,(H,21,23). The van der Waals surface area contributed by atoms with E-state index in [9.17, 15) is 14.4 Å². The second-order valence-electron chi connectivity index (χ2n) is 6.22. The molecular formula is C20H20N2O3. The van der Waals surface area contributed by atoms with Crippen molar-refractivity contribution in [3.63, 3.8) is 0 Å². The van der Waals surface area contributed by atoms with Gasteiger partial charge in [0, 0.05) is 11.6 Å². The van der Waals surface area contributed by atoms with Gasteiger partial charge in [0.25, 0.3) is 17.7 Å². The van der Waals surface area contributed by atoms with E-state index in [2.05, 4.69) is 5.32 Å². The zero-order chi connectivity index (χ0) is 18.0. The molecule has 25 heavy (non-hydrogen) atoms. The summed E-state index contributed by atoms with van der Waals surface area (Å²) >= 11 is 0. The van der Waals surface area contributed by atoms with E-state index in [4.69, 9.17) is 0 Å². The minimum Gasteiger partial charge on any atom is -0.350 e. The van der Waals surface area contributed by atoms with E-state index in [-0.39, 0.29) is 30.3 Å². The third-order valence-corrected chi connectivity index (χ3v) is 4.42. The van der Waals surface area contributed by atoms with Gasteiger partial charge in [0.2, 0.25) is 0 Å². The van der Waals surface area contributed by atoms with E-state index in [1.807, 2.05) is 13.8 Å². The maximum atomic E-state index is 12.4. The zero-order valence-electron chi connectivity index (χ0n) is 14.3. The summed E-state index contributed by atoms with van der Waals surface area (Å²) in [6, 6.07) is 13.9. The number of nitrogens with zero attached hydrogens (tertiary/aromatic N) is 1. The minimum atomic E-state index is -0.279. The Morgan fingerprint density at radius 1 is 1.00 bits per heavy atom.